The number of nitrogens with one attached hydrogen (secondary N) is 2. The topological polar surface area (TPSA) is 120 Å². The molecule has 3 N–H and O–H groups in total. The van der Waals surface area contributed by atoms with Crippen molar-refractivity contribution in [1.29, 1.82) is 5.41 Å². The van der Waals surface area contributed by atoms with Gasteiger partial charge in [0.15, 0.2) is 0 Å². The summed E-state index contributed by atoms with van der Waals surface area (Å²) in [5.74, 6) is -2.42. The van der Waals surface area contributed by atoms with Crippen LogP contribution in [-0.2, 0) is 0 Å². The smallest absolute Gasteiger partial charge is 0.294 e. The van der Waals surface area contributed by atoms with E-state index in [2.05, 4.69) is 20.4 Å². The van der Waals surface area contributed by atoms with Crippen LogP contribution in [0.1, 0.15) is 29.5 Å². The monoisotopic (exact) mass is 487 g/mol. The van der Waals surface area contributed by atoms with Crippen LogP contribution >= 0.6 is 11.6 Å². The summed E-state index contributed by atoms with van der Waals surface area (Å²) in [7, 11) is 1.61. The molecule has 34 heavy (non-hydrogen) atoms. The molecule has 3 heterocycles. The van der Waals surface area contributed by atoms with Crippen LogP contribution in [0.2, 0.25) is 5.02 Å². The number of hydrogen-bond donors (Lipinski definition) is 3. The van der Waals surface area contributed by atoms with Gasteiger partial charge >= 0.3 is 0 Å². The molecule has 176 valence electrons. The fourth-order valence-corrected chi connectivity index (χ4v) is 4.02. The molecule has 0 bridgehead atoms. The third-order valence-electron chi connectivity index (χ3n) is 5.52. The second kappa shape index (κ2) is 9.18. The Bertz CT molecular complexity index is 1300. The van der Waals surface area contributed by atoms with Crippen LogP contribution in [0.5, 0.6) is 5.88 Å². The number of aromatic nitrogens is 4. The lowest BCUT2D eigenvalue weighted by molar-refractivity contribution is 0.0716. The first-order chi connectivity index (χ1) is 16.2. The maximum Gasteiger partial charge on any atom is 0.294 e. The molecule has 3 aromatic rings. The van der Waals surface area contributed by atoms with Gasteiger partial charge in [-0.05, 0) is 31.5 Å². The number of benzene rings is 1. The Morgan fingerprint density at radius 1 is 1.24 bits per heavy atom. The predicted octanol–water partition coefficient (Wildman–Crippen LogP) is 3.18. The molecule has 1 aromatic carbocycles. The normalized spacial score (nSPS) is 17.6. The SMILES string of the molecule is CN/C(=C1/CCN(C(=O)c2ncn(-c3cc(Cl)cnc3O)n2)[C@H](C)C1=N)c1cc(F)cc(F)c1. The summed E-state index contributed by atoms with van der Waals surface area (Å²) >= 11 is 5.92. The molecule has 2 aromatic heterocycles. The van der Waals surface area contributed by atoms with E-state index in [9.17, 15) is 18.7 Å². The highest BCUT2D eigenvalue weighted by molar-refractivity contribution is 6.30. The van der Waals surface area contributed by atoms with Crippen molar-refractivity contribution in [3.8, 4) is 11.6 Å². The highest BCUT2D eigenvalue weighted by Gasteiger charge is 2.34. The Hall–Kier alpha value is -3.86. The quantitative estimate of drug-likeness (QED) is 0.520. The van der Waals surface area contributed by atoms with Crippen LogP contribution in [0.3, 0.4) is 0 Å². The molecule has 1 atom stereocenters. The first-order valence-corrected chi connectivity index (χ1v) is 10.6. The molecule has 12 heteroatoms. The van der Waals surface area contributed by atoms with Crippen molar-refractivity contribution in [3.05, 3.63) is 70.4 Å². The Kier molecular flexibility index (Phi) is 6.29. The summed E-state index contributed by atoms with van der Waals surface area (Å²) in [5.41, 5.74) is 1.54. The Morgan fingerprint density at radius 2 is 1.94 bits per heavy atom. The molecule has 0 aliphatic carbocycles. The number of aromatic hydroxyl groups is 1. The number of nitrogens with zero attached hydrogens (tertiary/aromatic N) is 5. The molecule has 1 saturated heterocycles. The Balaban J connectivity index is 1.60. The molecule has 1 amide bonds. The van der Waals surface area contributed by atoms with E-state index < -0.39 is 23.6 Å². The number of piperidine rings is 1. The molecule has 1 fully saturated rings. The maximum atomic E-state index is 13.8. The zero-order valence-corrected chi connectivity index (χ0v) is 18.9. The van der Waals surface area contributed by atoms with E-state index in [1.54, 1.807) is 14.0 Å². The minimum Gasteiger partial charge on any atom is -0.492 e. The van der Waals surface area contributed by atoms with Gasteiger partial charge in [0, 0.05) is 42.7 Å². The molecule has 0 radical (unpaired) electrons. The van der Waals surface area contributed by atoms with Gasteiger partial charge in [-0.2, -0.15) is 0 Å². The largest absolute Gasteiger partial charge is 0.492 e. The van der Waals surface area contributed by atoms with Crippen LogP contribution in [0.15, 0.2) is 42.4 Å². The molecule has 9 nitrogen and oxygen atoms in total. The third kappa shape index (κ3) is 4.34. The second-order valence-corrected chi connectivity index (χ2v) is 8.05. The van der Waals surface area contributed by atoms with Gasteiger partial charge in [0.05, 0.1) is 16.8 Å². The summed E-state index contributed by atoms with van der Waals surface area (Å²) in [4.78, 5) is 22.3. The molecule has 1 aliphatic heterocycles. The lowest BCUT2D eigenvalue weighted by Crippen LogP contribution is -2.48. The van der Waals surface area contributed by atoms with Gasteiger partial charge in [-0.25, -0.2) is 23.4 Å². The lowest BCUT2D eigenvalue weighted by Gasteiger charge is -2.35. The summed E-state index contributed by atoms with van der Waals surface area (Å²) in [5, 5.41) is 25.9. The standard InChI is InChI=1S/C22H20ClF2N7O2/c1-11-18(26)16(19(27-2)12-5-14(24)8-15(25)6-12)3-4-31(11)22(34)20-29-10-32(30-20)17-7-13(23)9-28-21(17)33/h5-11,26-27H,3-4H2,1-2H3,(H,28,33)/b19-16-,26-18?/t11-/m1/s1. The van der Waals surface area contributed by atoms with E-state index in [-0.39, 0.29) is 46.7 Å². The van der Waals surface area contributed by atoms with Gasteiger partial charge in [-0.3, -0.25) is 4.79 Å². The molecule has 1 aliphatic rings. The number of carbonyl (C=O) groups is 1. The summed E-state index contributed by atoms with van der Waals surface area (Å²) in [6, 6.07) is 3.94. The molecular formula is C22H20ClF2N7O2. The average molecular weight is 488 g/mol. The minimum absolute atomic E-state index is 0.129. The van der Waals surface area contributed by atoms with Crippen LogP contribution in [0, 0.1) is 17.0 Å². The van der Waals surface area contributed by atoms with Crippen LogP contribution in [0.25, 0.3) is 11.4 Å². The fraction of sp³-hybridized carbons (Fsp3) is 0.227. The number of rotatable bonds is 4. The number of hydrogen-bond acceptors (Lipinski definition) is 7. The third-order valence-corrected chi connectivity index (χ3v) is 5.73. The lowest BCUT2D eigenvalue weighted by atomic mass is 9.91. The average Bonchev–Trinajstić information content (AvgIpc) is 3.28. The van der Waals surface area contributed by atoms with Crippen molar-refractivity contribution in [2.24, 2.45) is 0 Å². The number of halogens is 3. The van der Waals surface area contributed by atoms with E-state index in [0.29, 0.717) is 11.3 Å². The zero-order valence-electron chi connectivity index (χ0n) is 18.2. The van der Waals surface area contributed by atoms with Gasteiger partial charge in [-0.15, -0.1) is 5.10 Å². The first-order valence-electron chi connectivity index (χ1n) is 10.2. The van der Waals surface area contributed by atoms with Crippen molar-refractivity contribution in [2.45, 2.75) is 19.4 Å². The number of amides is 1. The summed E-state index contributed by atoms with van der Waals surface area (Å²) < 4.78 is 28.7. The highest BCUT2D eigenvalue weighted by atomic mass is 35.5. The van der Waals surface area contributed by atoms with Crippen LogP contribution < -0.4 is 5.32 Å². The van der Waals surface area contributed by atoms with Crippen LogP contribution in [0.4, 0.5) is 8.78 Å². The fourth-order valence-electron chi connectivity index (χ4n) is 3.87. The van der Waals surface area contributed by atoms with Crippen LogP contribution in [-0.4, -0.2) is 61.0 Å². The maximum absolute atomic E-state index is 13.8. The number of pyridine rings is 1. The highest BCUT2D eigenvalue weighted by Crippen LogP contribution is 2.28. The first kappa shape index (κ1) is 23.3. The van der Waals surface area contributed by atoms with E-state index >= 15 is 0 Å². The zero-order chi connectivity index (χ0) is 24.6. The van der Waals surface area contributed by atoms with Gasteiger partial charge in [0.25, 0.3) is 5.91 Å². The molecule has 0 saturated carbocycles. The van der Waals surface area contributed by atoms with Crippen molar-refractivity contribution in [3.63, 3.8) is 0 Å². The van der Waals surface area contributed by atoms with Crippen molar-refractivity contribution >= 4 is 28.9 Å². The predicted molar refractivity (Wildman–Crippen MR) is 121 cm³/mol. The van der Waals surface area contributed by atoms with Crippen molar-refractivity contribution in [1.82, 2.24) is 30.0 Å². The molecule has 0 unspecified atom stereocenters. The summed E-state index contributed by atoms with van der Waals surface area (Å²) in [6.45, 7) is 1.92. The Labute approximate surface area is 198 Å². The van der Waals surface area contributed by atoms with Crippen molar-refractivity contribution in [2.75, 3.05) is 13.6 Å². The molecule has 0 spiro atoms. The Morgan fingerprint density at radius 3 is 2.62 bits per heavy atom. The molecule has 4 rings (SSSR count). The van der Waals surface area contributed by atoms with Gasteiger partial charge in [0.1, 0.15) is 23.6 Å². The van der Waals surface area contributed by atoms with Gasteiger partial charge in [-0.1, -0.05) is 11.6 Å². The van der Waals surface area contributed by atoms with E-state index in [0.717, 1.165) is 6.07 Å². The van der Waals surface area contributed by atoms with Crippen molar-refractivity contribution < 1.29 is 18.7 Å². The number of carbonyl (C=O) groups excluding carboxylic acids is 1. The minimum atomic E-state index is -0.724. The number of likely N-dealkylation sites (tertiary alicyclic amines) is 1. The van der Waals surface area contributed by atoms with E-state index in [1.165, 1.54) is 40.3 Å². The van der Waals surface area contributed by atoms with E-state index in [1.807, 2.05) is 0 Å². The second-order valence-electron chi connectivity index (χ2n) is 7.61. The summed E-state index contributed by atoms with van der Waals surface area (Å²) in [6.07, 6.45) is 2.80. The van der Waals surface area contributed by atoms with Gasteiger partial charge < -0.3 is 20.7 Å². The van der Waals surface area contributed by atoms with E-state index in [4.69, 9.17) is 17.0 Å². The molecular weight excluding hydrogens is 468 g/mol. The van der Waals surface area contributed by atoms with Gasteiger partial charge in [0.2, 0.25) is 11.7 Å².